The van der Waals surface area contributed by atoms with Gasteiger partial charge in [-0.2, -0.15) is 0 Å². The number of piperidine rings is 1. The van der Waals surface area contributed by atoms with Crippen molar-refractivity contribution in [2.45, 2.75) is 52.4 Å². The van der Waals surface area contributed by atoms with Crippen molar-refractivity contribution < 1.29 is 19.5 Å². The van der Waals surface area contributed by atoms with Gasteiger partial charge in [0, 0.05) is 30.8 Å². The number of hydrogen-bond donors (Lipinski definition) is 2. The molecule has 27 heavy (non-hydrogen) atoms. The fourth-order valence-corrected chi connectivity index (χ4v) is 4.06. The van der Waals surface area contributed by atoms with E-state index in [1.807, 2.05) is 11.8 Å². The summed E-state index contributed by atoms with van der Waals surface area (Å²) in [5, 5.41) is 12.2. The Labute approximate surface area is 159 Å². The average Bonchev–Trinajstić information content (AvgIpc) is 2.59. The van der Waals surface area contributed by atoms with Crippen LogP contribution in [0.2, 0.25) is 0 Å². The van der Waals surface area contributed by atoms with Crippen LogP contribution in [0.1, 0.15) is 61.4 Å². The molecule has 0 radical (unpaired) electrons. The fraction of sp³-hybridized carbons (Fsp3) is 0.571. The third-order valence-corrected chi connectivity index (χ3v) is 5.95. The largest absolute Gasteiger partial charge is 0.481 e. The highest BCUT2D eigenvalue weighted by Crippen LogP contribution is 2.44. The van der Waals surface area contributed by atoms with Crippen LogP contribution < -0.4 is 5.32 Å². The quantitative estimate of drug-likeness (QED) is 0.829. The molecule has 0 bridgehead atoms. The molecule has 1 atom stereocenters. The zero-order valence-corrected chi connectivity index (χ0v) is 16.1. The van der Waals surface area contributed by atoms with Gasteiger partial charge in [-0.25, -0.2) is 0 Å². The molecule has 1 aliphatic heterocycles. The Kier molecular flexibility index (Phi) is 5.53. The van der Waals surface area contributed by atoms with Gasteiger partial charge in [0.15, 0.2) is 0 Å². The molecule has 146 valence electrons. The van der Waals surface area contributed by atoms with Crippen molar-refractivity contribution in [3.8, 4) is 0 Å². The lowest BCUT2D eigenvalue weighted by molar-refractivity contribution is -0.157. The molecule has 3 rings (SSSR count). The Morgan fingerprint density at radius 3 is 2.56 bits per heavy atom. The first-order valence-electron chi connectivity index (χ1n) is 9.74. The van der Waals surface area contributed by atoms with Crippen LogP contribution >= 0.6 is 0 Å². The number of nitrogens with one attached hydrogen (secondary N) is 1. The first kappa shape index (κ1) is 19.4. The number of likely N-dealkylation sites (tertiary alicyclic amines) is 1. The summed E-state index contributed by atoms with van der Waals surface area (Å²) in [5.41, 5.74) is 1.15. The van der Waals surface area contributed by atoms with Crippen LogP contribution in [0.15, 0.2) is 18.2 Å². The molecule has 1 unspecified atom stereocenters. The lowest BCUT2D eigenvalue weighted by Gasteiger charge is -2.37. The Balaban J connectivity index is 1.65. The number of hydrogen-bond acceptors (Lipinski definition) is 3. The Hall–Kier alpha value is -2.37. The highest BCUT2D eigenvalue weighted by molar-refractivity contribution is 5.97. The number of carbonyl (C=O) groups is 3. The zero-order valence-electron chi connectivity index (χ0n) is 16.1. The lowest BCUT2D eigenvalue weighted by atomic mass is 9.66. The van der Waals surface area contributed by atoms with Gasteiger partial charge in [-0.3, -0.25) is 14.4 Å². The molecule has 2 amide bonds. The van der Waals surface area contributed by atoms with E-state index in [0.717, 1.165) is 37.9 Å². The van der Waals surface area contributed by atoms with Gasteiger partial charge in [0.05, 0.1) is 5.41 Å². The number of carboxylic acids is 1. The standard InChI is InChI=1S/C21H28N2O4/c1-14-5-3-10-23(13-14)19(25)16-6-7-17(15(2)11-16)22-18(24)12-21(20(26)27)8-4-9-21/h6-7,11,14H,3-5,8-10,12-13H2,1-2H3,(H,22,24)(H,26,27). The van der Waals surface area contributed by atoms with Crippen molar-refractivity contribution in [2.24, 2.45) is 11.3 Å². The summed E-state index contributed by atoms with van der Waals surface area (Å²) >= 11 is 0. The molecule has 1 saturated heterocycles. The number of carboxylic acid groups (broad SMARTS) is 1. The van der Waals surface area contributed by atoms with Crippen molar-refractivity contribution in [2.75, 3.05) is 18.4 Å². The summed E-state index contributed by atoms with van der Waals surface area (Å²) in [6, 6.07) is 5.27. The molecule has 1 aliphatic carbocycles. The number of aryl methyl sites for hydroxylation is 1. The van der Waals surface area contributed by atoms with Crippen LogP contribution in [0.25, 0.3) is 0 Å². The smallest absolute Gasteiger partial charge is 0.310 e. The average molecular weight is 372 g/mol. The molecular formula is C21H28N2O4. The summed E-state index contributed by atoms with van der Waals surface area (Å²) in [5.74, 6) is -0.626. The molecule has 2 fully saturated rings. The molecule has 6 heteroatoms. The molecular weight excluding hydrogens is 344 g/mol. The summed E-state index contributed by atoms with van der Waals surface area (Å²) in [6.07, 6.45) is 4.14. The van der Waals surface area contributed by atoms with Gasteiger partial charge in [-0.1, -0.05) is 13.3 Å². The number of nitrogens with zero attached hydrogens (tertiary/aromatic N) is 1. The van der Waals surface area contributed by atoms with Gasteiger partial charge in [0.2, 0.25) is 5.91 Å². The topological polar surface area (TPSA) is 86.7 Å². The number of rotatable bonds is 5. The Bertz CT molecular complexity index is 755. The maximum absolute atomic E-state index is 12.7. The SMILES string of the molecule is Cc1cc(C(=O)N2CCCC(C)C2)ccc1NC(=O)CC1(C(=O)O)CCC1. The molecule has 6 nitrogen and oxygen atoms in total. The van der Waals surface area contributed by atoms with E-state index in [9.17, 15) is 19.5 Å². The highest BCUT2D eigenvalue weighted by atomic mass is 16.4. The first-order chi connectivity index (χ1) is 12.8. The molecule has 2 N–H and O–H groups in total. The van der Waals surface area contributed by atoms with Crippen molar-refractivity contribution in [1.29, 1.82) is 0 Å². The van der Waals surface area contributed by atoms with Crippen molar-refractivity contribution in [3.05, 3.63) is 29.3 Å². The number of aliphatic carboxylic acids is 1. The minimum atomic E-state index is -0.904. The van der Waals surface area contributed by atoms with E-state index in [-0.39, 0.29) is 18.2 Å². The first-order valence-corrected chi connectivity index (χ1v) is 9.74. The second-order valence-electron chi connectivity index (χ2n) is 8.19. The van der Waals surface area contributed by atoms with Crippen molar-refractivity contribution in [3.63, 3.8) is 0 Å². The van der Waals surface area contributed by atoms with E-state index in [1.54, 1.807) is 18.2 Å². The third kappa shape index (κ3) is 4.15. The van der Waals surface area contributed by atoms with Gasteiger partial charge < -0.3 is 15.3 Å². The van der Waals surface area contributed by atoms with Gasteiger partial charge in [-0.15, -0.1) is 0 Å². The number of carbonyl (C=O) groups excluding carboxylic acids is 2. The van der Waals surface area contributed by atoms with E-state index >= 15 is 0 Å². The van der Waals surface area contributed by atoms with E-state index < -0.39 is 11.4 Å². The predicted molar refractivity (Wildman–Crippen MR) is 103 cm³/mol. The number of anilines is 1. The Morgan fingerprint density at radius 1 is 1.26 bits per heavy atom. The summed E-state index contributed by atoms with van der Waals surface area (Å²) in [4.78, 5) is 38.4. The minimum absolute atomic E-state index is 0.00583. The van der Waals surface area contributed by atoms with Crippen LogP contribution in [0.4, 0.5) is 5.69 Å². The van der Waals surface area contributed by atoms with Crippen LogP contribution in [-0.4, -0.2) is 40.9 Å². The summed E-state index contributed by atoms with van der Waals surface area (Å²) in [7, 11) is 0. The van der Waals surface area contributed by atoms with E-state index in [2.05, 4.69) is 12.2 Å². The number of benzene rings is 1. The second-order valence-corrected chi connectivity index (χ2v) is 8.19. The van der Waals surface area contributed by atoms with Gasteiger partial charge in [0.1, 0.15) is 0 Å². The van der Waals surface area contributed by atoms with Gasteiger partial charge in [0.25, 0.3) is 5.91 Å². The third-order valence-electron chi connectivity index (χ3n) is 5.95. The lowest BCUT2D eigenvalue weighted by Crippen LogP contribution is -2.41. The molecule has 1 aromatic rings. The zero-order chi connectivity index (χ0) is 19.6. The van der Waals surface area contributed by atoms with Crippen molar-refractivity contribution in [1.82, 2.24) is 4.90 Å². The van der Waals surface area contributed by atoms with Crippen LogP contribution in [-0.2, 0) is 9.59 Å². The normalized spacial score (nSPS) is 21.3. The molecule has 1 heterocycles. The minimum Gasteiger partial charge on any atom is -0.481 e. The van der Waals surface area contributed by atoms with Crippen molar-refractivity contribution >= 4 is 23.5 Å². The second kappa shape index (κ2) is 7.71. The van der Waals surface area contributed by atoms with Crippen LogP contribution in [0.3, 0.4) is 0 Å². The molecule has 1 aromatic carbocycles. The van der Waals surface area contributed by atoms with Crippen LogP contribution in [0.5, 0.6) is 0 Å². The van der Waals surface area contributed by atoms with E-state index in [0.29, 0.717) is 30.0 Å². The molecule has 0 spiro atoms. The summed E-state index contributed by atoms with van der Waals surface area (Å²) in [6.45, 7) is 5.59. The monoisotopic (exact) mass is 372 g/mol. The molecule has 2 aliphatic rings. The van der Waals surface area contributed by atoms with Gasteiger partial charge in [-0.05, 0) is 62.3 Å². The predicted octanol–water partition coefficient (Wildman–Crippen LogP) is 3.45. The highest BCUT2D eigenvalue weighted by Gasteiger charge is 2.45. The summed E-state index contributed by atoms with van der Waals surface area (Å²) < 4.78 is 0. The van der Waals surface area contributed by atoms with Crippen LogP contribution in [0, 0.1) is 18.3 Å². The van der Waals surface area contributed by atoms with Gasteiger partial charge >= 0.3 is 5.97 Å². The maximum atomic E-state index is 12.7. The molecule has 1 saturated carbocycles. The Morgan fingerprint density at radius 2 is 2.00 bits per heavy atom. The van der Waals surface area contributed by atoms with E-state index in [4.69, 9.17) is 0 Å². The van der Waals surface area contributed by atoms with E-state index in [1.165, 1.54) is 0 Å². The molecule has 0 aromatic heterocycles. The fourth-order valence-electron chi connectivity index (χ4n) is 4.06. The number of amides is 2. The maximum Gasteiger partial charge on any atom is 0.310 e.